The summed E-state index contributed by atoms with van der Waals surface area (Å²) in [6.45, 7) is 7.08. The highest BCUT2D eigenvalue weighted by Crippen LogP contribution is 2.22. The Kier molecular flexibility index (Phi) is 4.85. The Bertz CT molecular complexity index is 159. The summed E-state index contributed by atoms with van der Waals surface area (Å²) in [5.74, 6) is 0.535. The van der Waals surface area contributed by atoms with Crippen LogP contribution >= 0.6 is 0 Å². The molecule has 1 aliphatic rings. The van der Waals surface area contributed by atoms with Crippen LogP contribution in [0.15, 0.2) is 0 Å². The lowest BCUT2D eigenvalue weighted by Crippen LogP contribution is -2.41. The van der Waals surface area contributed by atoms with Crippen LogP contribution in [0.4, 0.5) is 0 Å². The second-order valence-electron chi connectivity index (χ2n) is 4.39. The molecule has 0 spiro atoms. The normalized spacial score (nSPS) is 33.6. The minimum atomic E-state index is -0.175. The zero-order valence-corrected chi connectivity index (χ0v) is 9.66. The average molecular weight is 202 g/mol. The van der Waals surface area contributed by atoms with Gasteiger partial charge < -0.3 is 14.2 Å². The first kappa shape index (κ1) is 12.0. The maximum absolute atomic E-state index is 5.69. The molecule has 1 fully saturated rings. The number of ether oxygens (including phenoxy) is 3. The molecule has 0 aromatic carbocycles. The summed E-state index contributed by atoms with van der Waals surface area (Å²) in [4.78, 5) is 0. The molecule has 0 amide bonds. The van der Waals surface area contributed by atoms with Crippen molar-refractivity contribution in [2.75, 3.05) is 13.7 Å². The summed E-state index contributed by atoms with van der Waals surface area (Å²) in [5.41, 5.74) is 0. The maximum Gasteiger partial charge on any atom is 0.183 e. The van der Waals surface area contributed by atoms with Gasteiger partial charge in [-0.2, -0.15) is 0 Å². The van der Waals surface area contributed by atoms with Gasteiger partial charge in [-0.05, 0) is 25.7 Å². The summed E-state index contributed by atoms with van der Waals surface area (Å²) in [5, 5.41) is 0. The van der Waals surface area contributed by atoms with Gasteiger partial charge in [0.05, 0.1) is 12.7 Å². The predicted octanol–water partition coefficient (Wildman–Crippen LogP) is 2.20. The second kappa shape index (κ2) is 5.69. The summed E-state index contributed by atoms with van der Waals surface area (Å²) in [6, 6.07) is 0. The van der Waals surface area contributed by atoms with E-state index in [0.29, 0.717) is 12.0 Å². The summed E-state index contributed by atoms with van der Waals surface area (Å²) >= 11 is 0. The van der Waals surface area contributed by atoms with Crippen molar-refractivity contribution in [3.63, 3.8) is 0 Å². The molecule has 3 unspecified atom stereocenters. The lowest BCUT2D eigenvalue weighted by atomic mass is 10.1. The van der Waals surface area contributed by atoms with Crippen molar-refractivity contribution >= 4 is 0 Å². The molecule has 0 N–H and O–H groups in total. The Morgan fingerprint density at radius 3 is 2.64 bits per heavy atom. The minimum Gasteiger partial charge on any atom is -0.376 e. The van der Waals surface area contributed by atoms with E-state index in [-0.39, 0.29) is 12.4 Å². The Morgan fingerprint density at radius 2 is 2.07 bits per heavy atom. The molecule has 0 aromatic rings. The molecule has 1 heterocycles. The van der Waals surface area contributed by atoms with Crippen LogP contribution in [0.3, 0.4) is 0 Å². The van der Waals surface area contributed by atoms with Crippen molar-refractivity contribution in [2.45, 2.75) is 52.1 Å². The van der Waals surface area contributed by atoms with E-state index in [2.05, 4.69) is 20.8 Å². The van der Waals surface area contributed by atoms with Crippen LogP contribution in [-0.4, -0.2) is 32.2 Å². The van der Waals surface area contributed by atoms with Gasteiger partial charge in [-0.25, -0.2) is 0 Å². The first-order valence-electron chi connectivity index (χ1n) is 5.43. The third-order valence-corrected chi connectivity index (χ3v) is 2.42. The van der Waals surface area contributed by atoms with Gasteiger partial charge in [-0.1, -0.05) is 13.8 Å². The zero-order chi connectivity index (χ0) is 10.6. The molecule has 3 nitrogen and oxygen atoms in total. The van der Waals surface area contributed by atoms with E-state index < -0.39 is 0 Å². The quantitative estimate of drug-likeness (QED) is 0.699. The van der Waals surface area contributed by atoms with Crippen molar-refractivity contribution < 1.29 is 14.2 Å². The van der Waals surface area contributed by atoms with Gasteiger partial charge in [-0.3, -0.25) is 0 Å². The molecule has 1 saturated heterocycles. The molecular formula is C11H22O3. The number of hydrogen-bond acceptors (Lipinski definition) is 3. The predicted molar refractivity (Wildman–Crippen MR) is 55.2 cm³/mol. The Hall–Kier alpha value is -0.120. The van der Waals surface area contributed by atoms with E-state index >= 15 is 0 Å². The monoisotopic (exact) mass is 202 g/mol. The topological polar surface area (TPSA) is 27.7 Å². The SMILES string of the molecule is COC1CCC(C)OC1OCC(C)C. The third-order valence-electron chi connectivity index (χ3n) is 2.42. The van der Waals surface area contributed by atoms with Crippen molar-refractivity contribution in [1.82, 2.24) is 0 Å². The van der Waals surface area contributed by atoms with Gasteiger partial charge in [0, 0.05) is 7.11 Å². The Balaban J connectivity index is 2.36. The van der Waals surface area contributed by atoms with Crippen molar-refractivity contribution in [3.8, 4) is 0 Å². The standard InChI is InChI=1S/C11H22O3/c1-8(2)7-13-11-10(12-4)6-5-9(3)14-11/h8-11H,5-7H2,1-4H3. The van der Waals surface area contributed by atoms with E-state index in [0.717, 1.165) is 19.4 Å². The summed E-state index contributed by atoms with van der Waals surface area (Å²) in [6.07, 6.45) is 2.30. The number of methoxy groups -OCH3 is 1. The molecule has 0 bridgehead atoms. The fourth-order valence-electron chi connectivity index (χ4n) is 1.58. The van der Waals surface area contributed by atoms with Gasteiger partial charge in [-0.15, -0.1) is 0 Å². The van der Waals surface area contributed by atoms with E-state index in [9.17, 15) is 0 Å². The average Bonchev–Trinajstić information content (AvgIpc) is 2.15. The van der Waals surface area contributed by atoms with Crippen LogP contribution in [-0.2, 0) is 14.2 Å². The molecular weight excluding hydrogens is 180 g/mol. The molecule has 1 aliphatic heterocycles. The number of rotatable bonds is 4. The van der Waals surface area contributed by atoms with Gasteiger partial charge in [0.25, 0.3) is 0 Å². The molecule has 3 heteroatoms. The Labute approximate surface area is 86.7 Å². The van der Waals surface area contributed by atoms with Crippen molar-refractivity contribution in [1.29, 1.82) is 0 Å². The zero-order valence-electron chi connectivity index (χ0n) is 9.66. The van der Waals surface area contributed by atoms with Crippen LogP contribution in [0, 0.1) is 5.92 Å². The summed E-state index contributed by atoms with van der Waals surface area (Å²) in [7, 11) is 1.72. The lowest BCUT2D eigenvalue weighted by molar-refractivity contribution is -0.245. The van der Waals surface area contributed by atoms with E-state index in [1.165, 1.54) is 0 Å². The van der Waals surface area contributed by atoms with E-state index in [1.54, 1.807) is 7.11 Å². The molecule has 3 atom stereocenters. The number of hydrogen-bond donors (Lipinski definition) is 0. The smallest absolute Gasteiger partial charge is 0.183 e. The molecule has 84 valence electrons. The van der Waals surface area contributed by atoms with E-state index in [1.807, 2.05) is 0 Å². The largest absolute Gasteiger partial charge is 0.376 e. The maximum atomic E-state index is 5.69. The minimum absolute atomic E-state index is 0.102. The molecule has 14 heavy (non-hydrogen) atoms. The first-order valence-corrected chi connectivity index (χ1v) is 5.43. The molecule has 0 aliphatic carbocycles. The van der Waals surface area contributed by atoms with Crippen LogP contribution < -0.4 is 0 Å². The van der Waals surface area contributed by atoms with Gasteiger partial charge in [0.15, 0.2) is 6.29 Å². The highest BCUT2D eigenvalue weighted by Gasteiger charge is 2.30. The lowest BCUT2D eigenvalue weighted by Gasteiger charge is -2.34. The Morgan fingerprint density at radius 1 is 1.36 bits per heavy atom. The fraction of sp³-hybridized carbons (Fsp3) is 1.00. The van der Waals surface area contributed by atoms with Gasteiger partial charge in [0.2, 0.25) is 0 Å². The third kappa shape index (κ3) is 3.56. The van der Waals surface area contributed by atoms with Crippen LogP contribution in [0.2, 0.25) is 0 Å². The van der Waals surface area contributed by atoms with Crippen LogP contribution in [0.25, 0.3) is 0 Å². The van der Waals surface area contributed by atoms with E-state index in [4.69, 9.17) is 14.2 Å². The highest BCUT2D eigenvalue weighted by atomic mass is 16.7. The fourth-order valence-corrected chi connectivity index (χ4v) is 1.58. The first-order chi connectivity index (χ1) is 6.63. The summed E-state index contributed by atoms with van der Waals surface area (Å²) < 4.78 is 16.7. The molecule has 0 radical (unpaired) electrons. The van der Waals surface area contributed by atoms with Crippen LogP contribution in [0.5, 0.6) is 0 Å². The second-order valence-corrected chi connectivity index (χ2v) is 4.39. The van der Waals surface area contributed by atoms with Gasteiger partial charge in [0.1, 0.15) is 6.10 Å². The molecule has 0 aromatic heterocycles. The molecule has 1 rings (SSSR count). The van der Waals surface area contributed by atoms with Crippen molar-refractivity contribution in [3.05, 3.63) is 0 Å². The molecule has 0 saturated carbocycles. The highest BCUT2D eigenvalue weighted by molar-refractivity contribution is 4.72. The van der Waals surface area contributed by atoms with Crippen LogP contribution in [0.1, 0.15) is 33.6 Å². The van der Waals surface area contributed by atoms with Gasteiger partial charge >= 0.3 is 0 Å². The van der Waals surface area contributed by atoms with Crippen molar-refractivity contribution in [2.24, 2.45) is 5.92 Å².